The molecule has 1 aromatic carbocycles. The summed E-state index contributed by atoms with van der Waals surface area (Å²) in [6.45, 7) is 1.26. The van der Waals surface area contributed by atoms with Gasteiger partial charge in [-0.3, -0.25) is 15.1 Å². The van der Waals surface area contributed by atoms with Crippen molar-refractivity contribution >= 4 is 23.0 Å². The Kier molecular flexibility index (Phi) is 4.14. The Morgan fingerprint density at radius 3 is 2.62 bits per heavy atom. The molecule has 0 bridgehead atoms. The number of nitrogens with zero attached hydrogens (tertiary/aromatic N) is 5. The molecule has 8 heteroatoms. The molecule has 0 unspecified atom stereocenters. The van der Waals surface area contributed by atoms with Crippen LogP contribution in [0.2, 0.25) is 0 Å². The Hall–Kier alpha value is -3.55. The molecule has 0 spiro atoms. The van der Waals surface area contributed by atoms with Crippen molar-refractivity contribution in [2.45, 2.75) is 13.0 Å². The van der Waals surface area contributed by atoms with E-state index in [9.17, 15) is 10.1 Å². The lowest BCUT2D eigenvalue weighted by Crippen LogP contribution is -2.31. The summed E-state index contributed by atoms with van der Waals surface area (Å²) in [5, 5.41) is 14.8. The standard InChI is InChI=1S/C18H16N6O2/c25-24(26)16-17(22-15-5-8-19-9-6-15)20-12-21-18(16)23-10-7-13-3-1-2-4-14(13)11-23/h1-6,8-9,12H,7,10-11H2,(H,19,20,21,22). The van der Waals surface area contributed by atoms with Gasteiger partial charge in [-0.25, -0.2) is 9.97 Å². The molecule has 3 heterocycles. The summed E-state index contributed by atoms with van der Waals surface area (Å²) in [5.74, 6) is 0.501. The van der Waals surface area contributed by atoms with E-state index in [1.807, 2.05) is 23.1 Å². The van der Waals surface area contributed by atoms with Crippen LogP contribution in [0, 0.1) is 10.1 Å². The third-order valence-corrected chi connectivity index (χ3v) is 4.36. The van der Waals surface area contributed by atoms with Crippen LogP contribution < -0.4 is 10.2 Å². The summed E-state index contributed by atoms with van der Waals surface area (Å²) in [6, 6.07) is 11.6. The number of pyridine rings is 1. The van der Waals surface area contributed by atoms with E-state index >= 15 is 0 Å². The van der Waals surface area contributed by atoms with E-state index in [0.717, 1.165) is 12.0 Å². The fourth-order valence-electron chi connectivity index (χ4n) is 3.11. The van der Waals surface area contributed by atoms with Crippen LogP contribution in [0.25, 0.3) is 0 Å². The molecule has 0 amide bonds. The third kappa shape index (κ3) is 3.04. The van der Waals surface area contributed by atoms with Gasteiger partial charge in [0.25, 0.3) is 0 Å². The molecule has 0 fully saturated rings. The molecule has 26 heavy (non-hydrogen) atoms. The quantitative estimate of drug-likeness (QED) is 0.571. The zero-order valence-corrected chi connectivity index (χ0v) is 13.9. The average molecular weight is 348 g/mol. The smallest absolute Gasteiger partial charge is 0.346 e. The lowest BCUT2D eigenvalue weighted by atomic mass is 10.00. The first-order chi connectivity index (χ1) is 12.7. The van der Waals surface area contributed by atoms with Crippen LogP contribution in [-0.4, -0.2) is 26.4 Å². The van der Waals surface area contributed by atoms with Gasteiger partial charge in [-0.15, -0.1) is 0 Å². The normalized spacial score (nSPS) is 13.2. The number of fused-ring (bicyclic) bond motifs is 1. The molecule has 0 aliphatic carbocycles. The number of rotatable bonds is 4. The Morgan fingerprint density at radius 2 is 1.85 bits per heavy atom. The van der Waals surface area contributed by atoms with Gasteiger partial charge >= 0.3 is 5.69 Å². The molecular formula is C18H16N6O2. The second-order valence-corrected chi connectivity index (χ2v) is 5.95. The summed E-state index contributed by atoms with van der Waals surface area (Å²) in [6.07, 6.45) is 5.40. The predicted octanol–water partition coefficient (Wildman–Crippen LogP) is 3.09. The molecule has 130 valence electrons. The van der Waals surface area contributed by atoms with Crippen LogP contribution >= 0.6 is 0 Å². The molecule has 1 aliphatic heterocycles. The highest BCUT2D eigenvalue weighted by Crippen LogP contribution is 2.35. The van der Waals surface area contributed by atoms with Gasteiger partial charge in [-0.1, -0.05) is 24.3 Å². The molecule has 0 radical (unpaired) electrons. The number of hydrogen-bond donors (Lipinski definition) is 1. The van der Waals surface area contributed by atoms with Gasteiger partial charge < -0.3 is 10.2 Å². The summed E-state index contributed by atoms with van der Waals surface area (Å²) < 4.78 is 0. The molecular weight excluding hydrogens is 332 g/mol. The first kappa shape index (κ1) is 15.9. The van der Waals surface area contributed by atoms with Crippen molar-refractivity contribution in [3.05, 3.63) is 76.4 Å². The molecule has 4 rings (SSSR count). The number of hydrogen-bond acceptors (Lipinski definition) is 7. The van der Waals surface area contributed by atoms with E-state index in [1.165, 1.54) is 11.9 Å². The molecule has 2 aromatic heterocycles. The van der Waals surface area contributed by atoms with E-state index in [-0.39, 0.29) is 11.5 Å². The molecule has 1 N–H and O–H groups in total. The van der Waals surface area contributed by atoms with Crippen molar-refractivity contribution in [3.8, 4) is 0 Å². The zero-order chi connectivity index (χ0) is 17.9. The maximum atomic E-state index is 11.8. The van der Waals surface area contributed by atoms with Crippen LogP contribution in [0.3, 0.4) is 0 Å². The Labute approximate surface area is 149 Å². The third-order valence-electron chi connectivity index (χ3n) is 4.36. The van der Waals surface area contributed by atoms with E-state index < -0.39 is 4.92 Å². The van der Waals surface area contributed by atoms with Gasteiger partial charge in [-0.2, -0.15) is 0 Å². The molecule has 8 nitrogen and oxygen atoms in total. The SMILES string of the molecule is O=[N+]([O-])c1c(Nc2ccncc2)ncnc1N1CCc2ccccc2C1. The van der Waals surface area contributed by atoms with Crippen LogP contribution in [0.15, 0.2) is 55.1 Å². The van der Waals surface area contributed by atoms with Crippen molar-refractivity contribution in [2.24, 2.45) is 0 Å². The highest BCUT2D eigenvalue weighted by Gasteiger charge is 2.29. The van der Waals surface area contributed by atoms with E-state index in [4.69, 9.17) is 0 Å². The number of benzene rings is 1. The molecule has 0 saturated heterocycles. The van der Waals surface area contributed by atoms with Crippen LogP contribution in [0.5, 0.6) is 0 Å². The minimum absolute atomic E-state index is 0.122. The lowest BCUT2D eigenvalue weighted by molar-refractivity contribution is -0.383. The number of nitro groups is 1. The summed E-state index contributed by atoms with van der Waals surface area (Å²) in [7, 11) is 0. The second-order valence-electron chi connectivity index (χ2n) is 5.95. The molecule has 1 aliphatic rings. The minimum atomic E-state index is -0.431. The predicted molar refractivity (Wildman–Crippen MR) is 97.4 cm³/mol. The van der Waals surface area contributed by atoms with Crippen LogP contribution in [0.1, 0.15) is 11.1 Å². The van der Waals surface area contributed by atoms with Gasteiger partial charge in [0, 0.05) is 31.2 Å². The number of anilines is 3. The summed E-state index contributed by atoms with van der Waals surface area (Å²) in [5.41, 5.74) is 2.99. The largest absolute Gasteiger partial charge is 0.353 e. The average Bonchev–Trinajstić information content (AvgIpc) is 2.68. The van der Waals surface area contributed by atoms with Crippen molar-refractivity contribution in [2.75, 3.05) is 16.8 Å². The van der Waals surface area contributed by atoms with Gasteiger partial charge in [-0.05, 0) is 29.7 Å². The van der Waals surface area contributed by atoms with Crippen molar-refractivity contribution < 1.29 is 4.92 Å². The van der Waals surface area contributed by atoms with Crippen LogP contribution in [0.4, 0.5) is 23.0 Å². The fraction of sp³-hybridized carbons (Fsp3) is 0.167. The summed E-state index contributed by atoms with van der Waals surface area (Å²) >= 11 is 0. The second kappa shape index (κ2) is 6.75. The van der Waals surface area contributed by atoms with Crippen LogP contribution in [-0.2, 0) is 13.0 Å². The Morgan fingerprint density at radius 1 is 1.08 bits per heavy atom. The number of nitrogens with one attached hydrogen (secondary N) is 1. The highest BCUT2D eigenvalue weighted by atomic mass is 16.6. The van der Waals surface area contributed by atoms with Gasteiger partial charge in [0.15, 0.2) is 0 Å². The highest BCUT2D eigenvalue weighted by molar-refractivity contribution is 5.74. The van der Waals surface area contributed by atoms with Gasteiger partial charge in [0.05, 0.1) is 4.92 Å². The van der Waals surface area contributed by atoms with Crippen molar-refractivity contribution in [1.29, 1.82) is 0 Å². The van der Waals surface area contributed by atoms with E-state index in [1.54, 1.807) is 24.5 Å². The zero-order valence-electron chi connectivity index (χ0n) is 13.9. The first-order valence-electron chi connectivity index (χ1n) is 8.20. The van der Waals surface area contributed by atoms with Crippen molar-refractivity contribution in [3.63, 3.8) is 0 Å². The monoisotopic (exact) mass is 348 g/mol. The minimum Gasteiger partial charge on any atom is -0.346 e. The molecule has 3 aromatic rings. The molecule has 0 saturated carbocycles. The topological polar surface area (TPSA) is 97.1 Å². The first-order valence-corrected chi connectivity index (χ1v) is 8.20. The maximum absolute atomic E-state index is 11.8. The van der Waals surface area contributed by atoms with Gasteiger partial charge in [0.2, 0.25) is 11.6 Å². The summed E-state index contributed by atoms with van der Waals surface area (Å²) in [4.78, 5) is 25.5. The Bertz CT molecular complexity index is 947. The Balaban J connectivity index is 1.71. The van der Waals surface area contributed by atoms with Crippen molar-refractivity contribution in [1.82, 2.24) is 15.0 Å². The van der Waals surface area contributed by atoms with E-state index in [0.29, 0.717) is 24.6 Å². The van der Waals surface area contributed by atoms with Gasteiger partial charge in [0.1, 0.15) is 6.33 Å². The molecule has 0 atom stereocenters. The number of aromatic nitrogens is 3. The fourth-order valence-corrected chi connectivity index (χ4v) is 3.11. The van der Waals surface area contributed by atoms with E-state index in [2.05, 4.69) is 26.3 Å². The lowest BCUT2D eigenvalue weighted by Gasteiger charge is -2.29. The maximum Gasteiger partial charge on any atom is 0.353 e.